The van der Waals surface area contributed by atoms with E-state index in [-0.39, 0.29) is 18.0 Å². The molecule has 1 heterocycles. The van der Waals surface area contributed by atoms with Gasteiger partial charge in [-0.25, -0.2) is 4.39 Å². The SMILES string of the molecule is CCC(=C1/NC2(CCCCC2)NC1=O)/C(=C\C=O)C(=O)NCC(/C=C/Cl)=C/C=C/F. The van der Waals surface area contributed by atoms with Gasteiger partial charge >= 0.3 is 0 Å². The molecule has 1 aliphatic carbocycles. The van der Waals surface area contributed by atoms with Crippen molar-refractivity contribution in [3.63, 3.8) is 0 Å². The fraction of sp³-hybridized carbons (Fsp3) is 0.409. The molecule has 0 bridgehead atoms. The lowest BCUT2D eigenvalue weighted by Crippen LogP contribution is -2.50. The van der Waals surface area contributed by atoms with E-state index in [9.17, 15) is 18.8 Å². The average Bonchev–Trinajstić information content (AvgIpc) is 3.05. The average molecular weight is 436 g/mol. The third kappa shape index (κ3) is 5.92. The van der Waals surface area contributed by atoms with Crippen LogP contribution < -0.4 is 16.0 Å². The van der Waals surface area contributed by atoms with E-state index >= 15 is 0 Å². The first-order valence-corrected chi connectivity index (χ1v) is 10.4. The summed E-state index contributed by atoms with van der Waals surface area (Å²) in [5, 5.41) is 9.03. The van der Waals surface area contributed by atoms with Crippen LogP contribution in [-0.2, 0) is 14.4 Å². The fourth-order valence-electron chi connectivity index (χ4n) is 3.80. The first-order chi connectivity index (χ1) is 14.5. The number of allylic oxidation sites excluding steroid dienone is 3. The van der Waals surface area contributed by atoms with Crippen LogP contribution in [-0.4, -0.2) is 30.3 Å². The monoisotopic (exact) mass is 435 g/mol. The molecule has 30 heavy (non-hydrogen) atoms. The van der Waals surface area contributed by atoms with Crippen molar-refractivity contribution >= 4 is 29.7 Å². The molecular weight excluding hydrogens is 409 g/mol. The fourth-order valence-corrected chi connectivity index (χ4v) is 3.96. The summed E-state index contributed by atoms with van der Waals surface area (Å²) in [5.74, 6) is -0.777. The highest BCUT2D eigenvalue weighted by atomic mass is 35.5. The Labute approximate surface area is 181 Å². The summed E-state index contributed by atoms with van der Waals surface area (Å²) >= 11 is 5.58. The van der Waals surface area contributed by atoms with Crippen molar-refractivity contribution in [1.82, 2.24) is 16.0 Å². The van der Waals surface area contributed by atoms with Gasteiger partial charge in [0.2, 0.25) is 0 Å². The Bertz CT molecular complexity index is 821. The van der Waals surface area contributed by atoms with Gasteiger partial charge in [-0.15, -0.1) is 0 Å². The maximum Gasteiger partial charge on any atom is 0.269 e. The molecule has 0 aromatic rings. The van der Waals surface area contributed by atoms with Gasteiger partial charge in [0.05, 0.1) is 6.33 Å². The summed E-state index contributed by atoms with van der Waals surface area (Å²) in [6.45, 7) is 1.89. The van der Waals surface area contributed by atoms with Crippen molar-refractivity contribution in [3.05, 3.63) is 58.6 Å². The van der Waals surface area contributed by atoms with Crippen LogP contribution in [0.5, 0.6) is 0 Å². The van der Waals surface area contributed by atoms with Gasteiger partial charge in [-0.3, -0.25) is 14.4 Å². The van der Waals surface area contributed by atoms with Gasteiger partial charge < -0.3 is 16.0 Å². The largest absolute Gasteiger partial charge is 0.358 e. The van der Waals surface area contributed by atoms with Crippen LogP contribution in [0.2, 0.25) is 0 Å². The molecular formula is C22H27ClFN3O3. The Kier molecular flexibility index (Phi) is 9.05. The minimum atomic E-state index is -0.510. The second-order valence-electron chi connectivity index (χ2n) is 7.18. The predicted octanol–water partition coefficient (Wildman–Crippen LogP) is 3.43. The zero-order valence-electron chi connectivity index (χ0n) is 17.0. The Balaban J connectivity index is 2.27. The summed E-state index contributed by atoms with van der Waals surface area (Å²) in [6.07, 6.45) is 11.4. The van der Waals surface area contributed by atoms with E-state index < -0.39 is 11.6 Å². The van der Waals surface area contributed by atoms with Crippen molar-refractivity contribution < 1.29 is 18.8 Å². The molecule has 0 aromatic heterocycles. The molecule has 0 atom stereocenters. The molecule has 1 saturated carbocycles. The van der Waals surface area contributed by atoms with Gasteiger partial charge in [0, 0.05) is 17.7 Å². The molecule has 2 amide bonds. The maximum absolute atomic E-state index is 12.8. The molecule has 1 saturated heterocycles. The van der Waals surface area contributed by atoms with Gasteiger partial charge in [-0.1, -0.05) is 31.0 Å². The first-order valence-electron chi connectivity index (χ1n) is 10.0. The zero-order valence-corrected chi connectivity index (χ0v) is 17.7. The molecule has 2 fully saturated rings. The summed E-state index contributed by atoms with van der Waals surface area (Å²) in [5.41, 5.74) is 2.26. The highest BCUT2D eigenvalue weighted by Crippen LogP contribution is 2.32. The zero-order chi connectivity index (χ0) is 22.0. The summed E-state index contributed by atoms with van der Waals surface area (Å²) in [4.78, 5) is 36.8. The van der Waals surface area contributed by atoms with Crippen molar-refractivity contribution in [3.8, 4) is 0 Å². The van der Waals surface area contributed by atoms with Crippen LogP contribution in [0.1, 0.15) is 45.4 Å². The number of carbonyl (C=O) groups is 3. The number of halogens is 2. The number of hydrogen-bond acceptors (Lipinski definition) is 4. The van der Waals surface area contributed by atoms with E-state index in [2.05, 4.69) is 16.0 Å². The van der Waals surface area contributed by atoms with E-state index in [1.807, 2.05) is 6.92 Å². The molecule has 0 radical (unpaired) electrons. The maximum atomic E-state index is 12.8. The Hall–Kier alpha value is -2.67. The molecule has 2 aliphatic rings. The Morgan fingerprint density at radius 3 is 2.57 bits per heavy atom. The van der Waals surface area contributed by atoms with Crippen LogP contribution in [0.15, 0.2) is 58.6 Å². The summed E-state index contributed by atoms with van der Waals surface area (Å²) in [6, 6.07) is 0. The van der Waals surface area contributed by atoms with Crippen LogP contribution in [0.4, 0.5) is 4.39 Å². The summed E-state index contributed by atoms with van der Waals surface area (Å²) < 4.78 is 12.3. The quantitative estimate of drug-likeness (QED) is 0.309. The summed E-state index contributed by atoms with van der Waals surface area (Å²) in [7, 11) is 0. The normalized spacial score (nSPS) is 21.1. The number of rotatable bonds is 8. The lowest BCUT2D eigenvalue weighted by atomic mass is 9.89. The molecule has 162 valence electrons. The second-order valence-corrected chi connectivity index (χ2v) is 7.43. The smallest absolute Gasteiger partial charge is 0.269 e. The molecule has 3 N–H and O–H groups in total. The molecule has 6 nitrogen and oxygen atoms in total. The molecule has 8 heteroatoms. The minimum absolute atomic E-state index is 0.0679. The Morgan fingerprint density at radius 2 is 1.97 bits per heavy atom. The van der Waals surface area contributed by atoms with Crippen molar-refractivity contribution in [2.24, 2.45) is 0 Å². The number of hydrogen-bond donors (Lipinski definition) is 3. The van der Waals surface area contributed by atoms with Crippen molar-refractivity contribution in [2.45, 2.75) is 51.1 Å². The number of carbonyl (C=O) groups excluding carboxylic acids is 3. The number of aldehydes is 1. The van der Waals surface area contributed by atoms with E-state index in [1.54, 1.807) is 0 Å². The van der Waals surface area contributed by atoms with Crippen molar-refractivity contribution in [2.75, 3.05) is 6.54 Å². The van der Waals surface area contributed by atoms with Gasteiger partial charge in [-0.2, -0.15) is 0 Å². The van der Waals surface area contributed by atoms with E-state index in [1.165, 1.54) is 23.8 Å². The number of nitrogens with one attached hydrogen (secondary N) is 3. The second kappa shape index (κ2) is 11.5. The molecule has 1 spiro atoms. The van der Waals surface area contributed by atoms with Crippen LogP contribution in [0.3, 0.4) is 0 Å². The van der Waals surface area contributed by atoms with Crippen molar-refractivity contribution in [1.29, 1.82) is 0 Å². The molecule has 0 aromatic carbocycles. The third-order valence-electron chi connectivity index (χ3n) is 5.22. The molecule has 2 rings (SSSR count). The van der Waals surface area contributed by atoms with Crippen LogP contribution in [0.25, 0.3) is 0 Å². The van der Waals surface area contributed by atoms with Crippen LogP contribution in [0, 0.1) is 0 Å². The first kappa shape index (κ1) is 23.6. The van der Waals surface area contributed by atoms with E-state index in [0.717, 1.165) is 38.2 Å². The highest BCUT2D eigenvalue weighted by molar-refractivity contribution is 6.25. The molecule has 1 aliphatic heterocycles. The highest BCUT2D eigenvalue weighted by Gasteiger charge is 2.42. The predicted molar refractivity (Wildman–Crippen MR) is 115 cm³/mol. The lowest BCUT2D eigenvalue weighted by molar-refractivity contribution is -0.117. The van der Waals surface area contributed by atoms with Gasteiger partial charge in [-0.05, 0) is 61.5 Å². The topological polar surface area (TPSA) is 87.3 Å². The van der Waals surface area contributed by atoms with E-state index in [0.29, 0.717) is 35.9 Å². The standard InChI is InChI=1S/C22H27ClFN3O3/c1-2-17(19-21(30)27-22(26-19)10-4-3-5-11-22)18(9-14-28)20(29)25-15-16(8-12-23)7-6-13-24/h6-9,12-14,26H,2-5,10-11,15H2,1H3,(H,25,29)(H,27,30)/b12-8+,13-6+,16-7+,18-9+,19-17-. The Morgan fingerprint density at radius 1 is 1.23 bits per heavy atom. The molecule has 0 unspecified atom stereocenters. The van der Waals surface area contributed by atoms with Gasteiger partial charge in [0.1, 0.15) is 17.6 Å². The minimum Gasteiger partial charge on any atom is -0.358 e. The lowest BCUT2D eigenvalue weighted by Gasteiger charge is -2.33. The number of amides is 2. The van der Waals surface area contributed by atoms with Crippen LogP contribution >= 0.6 is 11.6 Å². The van der Waals surface area contributed by atoms with Gasteiger partial charge in [0.25, 0.3) is 11.8 Å². The van der Waals surface area contributed by atoms with Gasteiger partial charge in [0.15, 0.2) is 0 Å². The van der Waals surface area contributed by atoms with E-state index in [4.69, 9.17) is 11.6 Å². The third-order valence-corrected chi connectivity index (χ3v) is 5.35.